The highest BCUT2D eigenvalue weighted by molar-refractivity contribution is 5.88. The number of carbonyl (C=O) groups excluding carboxylic acids is 4. The van der Waals surface area contributed by atoms with Crippen molar-refractivity contribution in [2.24, 2.45) is 20.5 Å². The molecule has 2 heterocycles. The molecule has 0 bridgehead atoms. The lowest BCUT2D eigenvalue weighted by Gasteiger charge is -2.20. The minimum atomic E-state index is -1.17. The molecule has 4 atom stereocenters. The highest BCUT2D eigenvalue weighted by Gasteiger charge is 2.23. The number of amides is 4. The Labute approximate surface area is 249 Å². The van der Waals surface area contributed by atoms with Gasteiger partial charge in [0.25, 0.3) is 23.6 Å². The van der Waals surface area contributed by atoms with Crippen molar-refractivity contribution >= 4 is 23.6 Å². The zero-order valence-electron chi connectivity index (χ0n) is 25.9. The van der Waals surface area contributed by atoms with Crippen LogP contribution in [0.3, 0.4) is 0 Å². The number of likely N-dealkylation sites (N-methyl/N-ethyl adjacent to an activating group) is 2. The molecule has 14 nitrogen and oxygen atoms in total. The third-order valence-corrected chi connectivity index (χ3v) is 6.23. The van der Waals surface area contributed by atoms with E-state index in [9.17, 15) is 29.4 Å². The molecule has 0 aromatic rings. The van der Waals surface area contributed by atoms with Gasteiger partial charge in [-0.2, -0.15) is 10.2 Å². The number of carbonyl (C=O) groups is 4. The summed E-state index contributed by atoms with van der Waals surface area (Å²) in [5.74, 6) is -0.575. The molecule has 0 aromatic heterocycles. The Morgan fingerprint density at radius 2 is 1.10 bits per heavy atom. The normalized spacial score (nSPS) is 18.6. The van der Waals surface area contributed by atoms with Crippen molar-refractivity contribution in [2.45, 2.75) is 89.8 Å². The summed E-state index contributed by atoms with van der Waals surface area (Å²) >= 11 is 0. The number of nitrogens with zero attached hydrogens (tertiary/aromatic N) is 4. The Kier molecular flexibility index (Phi) is 21.6. The summed E-state index contributed by atoms with van der Waals surface area (Å²) in [6, 6.07) is 0.121. The van der Waals surface area contributed by atoms with Crippen molar-refractivity contribution in [3.63, 3.8) is 0 Å². The Balaban J connectivity index is 0.000000834. The van der Waals surface area contributed by atoms with Crippen LogP contribution in [0.2, 0.25) is 0 Å². The van der Waals surface area contributed by atoms with E-state index in [1.54, 1.807) is 0 Å². The summed E-state index contributed by atoms with van der Waals surface area (Å²) in [5.41, 5.74) is 0. The second-order valence-corrected chi connectivity index (χ2v) is 10.4. The smallest absolute Gasteiger partial charge is 0.287 e. The lowest BCUT2D eigenvalue weighted by atomic mass is 10.1. The third-order valence-electron chi connectivity index (χ3n) is 6.23. The topological polar surface area (TPSA) is 197 Å². The van der Waals surface area contributed by atoms with Crippen molar-refractivity contribution in [1.29, 1.82) is 0 Å². The first-order chi connectivity index (χ1) is 19.9. The van der Waals surface area contributed by atoms with Gasteiger partial charge in [-0.05, 0) is 25.7 Å². The van der Waals surface area contributed by atoms with E-state index in [1.807, 2.05) is 28.2 Å². The number of rotatable bonds is 15. The van der Waals surface area contributed by atoms with Gasteiger partial charge in [0.1, 0.15) is 0 Å². The lowest BCUT2D eigenvalue weighted by Crippen LogP contribution is -3.11. The Morgan fingerprint density at radius 1 is 0.738 bits per heavy atom. The number of nitrogens with one attached hydrogen (secondary N) is 4. The molecule has 0 spiro atoms. The summed E-state index contributed by atoms with van der Waals surface area (Å²) in [5, 5.41) is 38.6. The van der Waals surface area contributed by atoms with Crippen molar-refractivity contribution in [1.82, 2.24) is 10.6 Å². The van der Waals surface area contributed by atoms with Gasteiger partial charge in [0.2, 0.25) is 0 Å². The van der Waals surface area contributed by atoms with E-state index in [0.29, 0.717) is 0 Å². The minimum absolute atomic E-state index is 0.0603. The molecule has 0 fully saturated rings. The molecule has 0 aliphatic carbocycles. The molecular formula is C28H50N8O6. The second-order valence-electron chi connectivity index (χ2n) is 10.4. The van der Waals surface area contributed by atoms with Crippen molar-refractivity contribution in [2.75, 3.05) is 41.3 Å². The van der Waals surface area contributed by atoms with Crippen LogP contribution in [0.5, 0.6) is 0 Å². The molecule has 4 amide bonds. The number of quaternary nitrogens is 2. The van der Waals surface area contributed by atoms with Crippen molar-refractivity contribution in [3.05, 3.63) is 24.3 Å². The number of unbranched alkanes of at least 4 members (excludes halogenated alkanes) is 3. The maximum Gasteiger partial charge on any atom is 0.287 e. The maximum atomic E-state index is 12.2. The number of azo groups is 2. The van der Waals surface area contributed by atoms with E-state index in [0.717, 1.165) is 88.8 Å². The highest BCUT2D eigenvalue weighted by Crippen LogP contribution is 2.00. The van der Waals surface area contributed by atoms with Crippen molar-refractivity contribution in [3.8, 4) is 0 Å². The van der Waals surface area contributed by atoms with Crippen molar-refractivity contribution < 1.29 is 39.2 Å². The average Bonchev–Trinajstić information content (AvgIpc) is 2.95. The molecular weight excluding hydrogens is 544 g/mol. The van der Waals surface area contributed by atoms with Gasteiger partial charge in [-0.15, -0.1) is 10.2 Å². The van der Waals surface area contributed by atoms with Crippen LogP contribution in [0.1, 0.15) is 65.2 Å². The summed E-state index contributed by atoms with van der Waals surface area (Å²) in [4.78, 5) is 47.0. The molecule has 0 saturated carbocycles. The van der Waals surface area contributed by atoms with Crippen LogP contribution in [-0.4, -0.2) is 89.4 Å². The largest absolute Gasteiger partial charge is 0.830 e. The quantitative estimate of drug-likeness (QED) is 0.156. The third kappa shape index (κ3) is 19.0. The molecule has 4 N–H and O–H groups in total. The van der Waals surface area contributed by atoms with Gasteiger partial charge in [-0.1, -0.05) is 38.8 Å². The summed E-state index contributed by atoms with van der Waals surface area (Å²) in [7, 11) is 8.15. The first-order valence-electron chi connectivity index (χ1n) is 14.7. The van der Waals surface area contributed by atoms with Crippen LogP contribution in [0.15, 0.2) is 44.8 Å². The standard InChI is InChI=1S/C20H42N4O2.2C4H3N2O2/c1-7-13-17(23(3)4)19(25)21-15-11-9-10-12-16-22-20(26)18(14-8-2)24(5)6;2*7-3-1-2-4(8)6-5-3/h17-18H,7-16H2,1-6H3,(H,21,25)(H,22,26);2*1-3H/q;2*-1/p+2. The van der Waals surface area contributed by atoms with Gasteiger partial charge in [-0.3, -0.25) is 19.2 Å². The zero-order valence-corrected chi connectivity index (χ0v) is 25.9. The fraction of sp³-hybridized carbons (Fsp3) is 0.714. The summed E-state index contributed by atoms with van der Waals surface area (Å²) in [6.07, 6.45) is 10.3. The molecule has 42 heavy (non-hydrogen) atoms. The number of hydrogen-bond donors (Lipinski definition) is 4. The molecule has 4 unspecified atom stereocenters. The molecule has 238 valence electrons. The van der Waals surface area contributed by atoms with Crippen LogP contribution >= 0.6 is 0 Å². The first-order valence-corrected chi connectivity index (χ1v) is 14.7. The van der Waals surface area contributed by atoms with E-state index in [-0.39, 0.29) is 23.9 Å². The first kappa shape index (κ1) is 38.8. The van der Waals surface area contributed by atoms with E-state index in [4.69, 9.17) is 0 Å². The number of hydrogen-bond acceptors (Lipinski definition) is 8. The summed E-state index contributed by atoms with van der Waals surface area (Å²) in [6.45, 7) is 5.74. The second kappa shape index (κ2) is 23.4. The van der Waals surface area contributed by atoms with Gasteiger partial charge in [0, 0.05) is 50.5 Å². The van der Waals surface area contributed by atoms with E-state index >= 15 is 0 Å². The van der Waals surface area contributed by atoms with Gasteiger partial charge >= 0.3 is 0 Å². The van der Waals surface area contributed by atoms with E-state index in [1.165, 1.54) is 9.80 Å². The Morgan fingerprint density at radius 3 is 1.33 bits per heavy atom. The van der Waals surface area contributed by atoms with Crippen LogP contribution in [0.4, 0.5) is 0 Å². The average molecular weight is 595 g/mol. The summed E-state index contributed by atoms with van der Waals surface area (Å²) < 4.78 is 0. The molecule has 2 rings (SSSR count). The molecule has 2 aliphatic rings. The molecule has 14 heteroatoms. The van der Waals surface area contributed by atoms with Gasteiger partial charge in [0.05, 0.1) is 28.2 Å². The molecule has 0 radical (unpaired) electrons. The predicted octanol–water partition coefficient (Wildman–Crippen LogP) is -2.15. The van der Waals surface area contributed by atoms with Crippen LogP contribution < -0.4 is 30.6 Å². The van der Waals surface area contributed by atoms with Gasteiger partial charge in [0.15, 0.2) is 12.1 Å². The fourth-order valence-electron chi connectivity index (χ4n) is 3.91. The predicted molar refractivity (Wildman–Crippen MR) is 153 cm³/mol. The van der Waals surface area contributed by atoms with E-state index < -0.39 is 24.3 Å². The van der Waals surface area contributed by atoms with E-state index in [2.05, 4.69) is 44.9 Å². The maximum absolute atomic E-state index is 12.2. The zero-order chi connectivity index (χ0) is 31.9. The van der Waals surface area contributed by atoms with Gasteiger partial charge in [-0.25, -0.2) is 0 Å². The highest BCUT2D eigenvalue weighted by atomic mass is 16.3. The van der Waals surface area contributed by atoms with Crippen LogP contribution in [-0.2, 0) is 19.2 Å². The fourth-order valence-corrected chi connectivity index (χ4v) is 3.91. The molecule has 0 saturated heterocycles. The monoisotopic (exact) mass is 594 g/mol. The Bertz CT molecular complexity index is 829. The minimum Gasteiger partial charge on any atom is -0.830 e. The van der Waals surface area contributed by atoms with Crippen LogP contribution in [0.25, 0.3) is 0 Å². The molecule has 0 aromatic carbocycles. The van der Waals surface area contributed by atoms with Crippen LogP contribution in [0, 0.1) is 0 Å². The lowest BCUT2D eigenvalue weighted by molar-refractivity contribution is -0.876. The van der Waals surface area contributed by atoms with Gasteiger partial charge < -0.3 is 30.6 Å². The Hall–Kier alpha value is -3.20. The molecule has 2 aliphatic heterocycles. The SMILES string of the molecule is CCCC(C(=O)NCCCCCCNC(=O)C(CCC)[NH+](C)C)[NH+](C)C.O=C1C=CC([O-])N=N1.O=C1C=CC([O-])N=N1.